The molecule has 1 aromatic carbocycles. The third kappa shape index (κ3) is 3.07. The van der Waals surface area contributed by atoms with Gasteiger partial charge >= 0.3 is 0 Å². The highest BCUT2D eigenvalue weighted by molar-refractivity contribution is 8.18. The van der Waals surface area contributed by atoms with Crippen molar-refractivity contribution in [3.8, 4) is 11.3 Å². The van der Waals surface area contributed by atoms with Crippen LogP contribution in [0, 0.1) is 5.82 Å². The molecular formula is C17H14FNO3S. The Kier molecular flexibility index (Phi) is 4.09. The zero-order valence-electron chi connectivity index (χ0n) is 12.6. The molecule has 1 aliphatic heterocycles. The third-order valence-electron chi connectivity index (χ3n) is 3.37. The number of carbonyl (C=O) groups is 2. The number of benzene rings is 1. The fourth-order valence-corrected chi connectivity index (χ4v) is 3.19. The molecule has 1 saturated heterocycles. The van der Waals surface area contributed by atoms with E-state index in [1.165, 1.54) is 17.0 Å². The number of hydrogen-bond donors (Lipinski definition) is 0. The SMILES string of the molecule is CC(C)N1C(=O)S/C(=C\c2ccc(-c3ccc(F)cc3)o2)C1=O. The summed E-state index contributed by atoms with van der Waals surface area (Å²) in [6.45, 7) is 3.58. The lowest BCUT2D eigenvalue weighted by Gasteiger charge is -2.16. The van der Waals surface area contributed by atoms with Crippen molar-refractivity contribution in [1.82, 2.24) is 4.90 Å². The van der Waals surface area contributed by atoms with E-state index in [2.05, 4.69) is 0 Å². The Morgan fingerprint density at radius 2 is 1.83 bits per heavy atom. The number of thioether (sulfide) groups is 1. The van der Waals surface area contributed by atoms with Crippen molar-refractivity contribution >= 4 is 29.0 Å². The van der Waals surface area contributed by atoms with E-state index in [1.807, 2.05) is 0 Å². The molecule has 2 heterocycles. The Morgan fingerprint density at radius 1 is 1.13 bits per heavy atom. The lowest BCUT2D eigenvalue weighted by Crippen LogP contribution is -2.34. The minimum absolute atomic E-state index is 0.181. The standard InChI is InChI=1S/C17H14FNO3S/c1-10(2)19-16(20)15(23-17(19)21)9-13-7-8-14(22-13)11-3-5-12(18)6-4-11/h3-10H,1-2H3/b15-9-. The molecule has 0 radical (unpaired) electrons. The Hall–Kier alpha value is -2.34. The van der Waals surface area contributed by atoms with Crippen molar-refractivity contribution in [2.45, 2.75) is 19.9 Å². The largest absolute Gasteiger partial charge is 0.457 e. The number of furan rings is 1. The number of imide groups is 1. The van der Waals surface area contributed by atoms with Gasteiger partial charge in [-0.15, -0.1) is 0 Å². The van der Waals surface area contributed by atoms with Crippen LogP contribution in [0.25, 0.3) is 17.4 Å². The van der Waals surface area contributed by atoms with Crippen molar-refractivity contribution in [2.24, 2.45) is 0 Å². The number of amides is 2. The Bertz CT molecular complexity index is 792. The van der Waals surface area contributed by atoms with E-state index < -0.39 is 0 Å². The van der Waals surface area contributed by atoms with Gasteiger partial charge in [0.05, 0.1) is 4.91 Å². The van der Waals surface area contributed by atoms with Crippen LogP contribution in [0.1, 0.15) is 19.6 Å². The first-order valence-electron chi connectivity index (χ1n) is 7.08. The fraction of sp³-hybridized carbons (Fsp3) is 0.176. The van der Waals surface area contributed by atoms with Crippen LogP contribution in [-0.4, -0.2) is 22.1 Å². The van der Waals surface area contributed by atoms with E-state index in [-0.39, 0.29) is 23.0 Å². The van der Waals surface area contributed by atoms with Crippen molar-refractivity contribution in [1.29, 1.82) is 0 Å². The number of hydrogen-bond acceptors (Lipinski definition) is 4. The quantitative estimate of drug-likeness (QED) is 0.775. The van der Waals surface area contributed by atoms with Gasteiger partial charge < -0.3 is 4.42 Å². The molecule has 1 aromatic heterocycles. The molecule has 0 N–H and O–H groups in total. The van der Waals surface area contributed by atoms with Crippen molar-refractivity contribution in [3.63, 3.8) is 0 Å². The topological polar surface area (TPSA) is 50.5 Å². The second kappa shape index (κ2) is 6.04. The van der Waals surface area contributed by atoms with Gasteiger partial charge in [0.15, 0.2) is 0 Å². The lowest BCUT2D eigenvalue weighted by atomic mass is 10.2. The predicted molar refractivity (Wildman–Crippen MR) is 87.0 cm³/mol. The zero-order valence-corrected chi connectivity index (χ0v) is 13.4. The van der Waals surface area contributed by atoms with Gasteiger partial charge in [0.1, 0.15) is 17.3 Å². The molecule has 4 nitrogen and oxygen atoms in total. The average molecular weight is 331 g/mol. The molecular weight excluding hydrogens is 317 g/mol. The summed E-state index contributed by atoms with van der Waals surface area (Å²) in [6.07, 6.45) is 1.56. The Morgan fingerprint density at radius 3 is 2.43 bits per heavy atom. The van der Waals surface area contributed by atoms with Crippen LogP contribution in [0.3, 0.4) is 0 Å². The maximum Gasteiger partial charge on any atom is 0.293 e. The van der Waals surface area contributed by atoms with Crippen molar-refractivity contribution in [3.05, 3.63) is 52.9 Å². The van der Waals surface area contributed by atoms with Gasteiger partial charge in [-0.25, -0.2) is 4.39 Å². The van der Waals surface area contributed by atoms with E-state index in [9.17, 15) is 14.0 Å². The molecule has 6 heteroatoms. The molecule has 118 valence electrons. The number of nitrogens with zero attached hydrogens (tertiary/aromatic N) is 1. The summed E-state index contributed by atoms with van der Waals surface area (Å²) in [5, 5.41) is -0.276. The van der Waals surface area contributed by atoms with Crippen LogP contribution in [0.15, 0.2) is 45.7 Å². The van der Waals surface area contributed by atoms with Gasteiger partial charge in [-0.1, -0.05) is 0 Å². The molecule has 0 aliphatic carbocycles. The molecule has 2 aromatic rings. The average Bonchev–Trinajstić information content (AvgIpc) is 3.05. The second-order valence-corrected chi connectivity index (χ2v) is 6.35. The van der Waals surface area contributed by atoms with Crippen molar-refractivity contribution in [2.75, 3.05) is 0 Å². The Labute approximate surface area is 137 Å². The maximum atomic E-state index is 12.9. The lowest BCUT2D eigenvalue weighted by molar-refractivity contribution is -0.123. The van der Waals surface area contributed by atoms with E-state index in [1.54, 1.807) is 44.2 Å². The maximum absolute atomic E-state index is 12.9. The van der Waals surface area contributed by atoms with Gasteiger partial charge in [0.2, 0.25) is 0 Å². The normalized spacial score (nSPS) is 16.9. The molecule has 0 saturated carbocycles. The van der Waals surface area contributed by atoms with Crippen LogP contribution in [-0.2, 0) is 4.79 Å². The van der Waals surface area contributed by atoms with Gasteiger partial charge in [-0.3, -0.25) is 14.5 Å². The van der Waals surface area contributed by atoms with Crippen LogP contribution >= 0.6 is 11.8 Å². The number of carbonyl (C=O) groups excluding carboxylic acids is 2. The van der Waals surface area contributed by atoms with Gasteiger partial charge in [0, 0.05) is 17.7 Å². The van der Waals surface area contributed by atoms with Crippen LogP contribution in [0.5, 0.6) is 0 Å². The van der Waals surface area contributed by atoms with Crippen LogP contribution in [0.2, 0.25) is 0 Å². The highest BCUT2D eigenvalue weighted by Crippen LogP contribution is 2.34. The molecule has 0 spiro atoms. The monoisotopic (exact) mass is 331 g/mol. The van der Waals surface area contributed by atoms with Crippen LogP contribution < -0.4 is 0 Å². The minimum Gasteiger partial charge on any atom is -0.457 e. The summed E-state index contributed by atoms with van der Waals surface area (Å²) in [5.41, 5.74) is 0.737. The van der Waals surface area contributed by atoms with E-state index >= 15 is 0 Å². The van der Waals surface area contributed by atoms with E-state index in [0.29, 0.717) is 16.4 Å². The highest BCUT2D eigenvalue weighted by Gasteiger charge is 2.36. The number of rotatable bonds is 3. The molecule has 0 unspecified atom stereocenters. The summed E-state index contributed by atoms with van der Waals surface area (Å²) in [4.78, 5) is 25.6. The zero-order chi connectivity index (χ0) is 16.6. The summed E-state index contributed by atoms with van der Waals surface area (Å²) in [6, 6.07) is 9.21. The summed E-state index contributed by atoms with van der Waals surface area (Å²) >= 11 is 0.901. The fourth-order valence-electron chi connectivity index (χ4n) is 2.25. The number of halogens is 1. The predicted octanol–water partition coefficient (Wildman–Crippen LogP) is 4.53. The molecule has 0 bridgehead atoms. The smallest absolute Gasteiger partial charge is 0.293 e. The van der Waals surface area contributed by atoms with Gasteiger partial charge in [0.25, 0.3) is 11.1 Å². The molecule has 2 amide bonds. The molecule has 23 heavy (non-hydrogen) atoms. The highest BCUT2D eigenvalue weighted by atomic mass is 32.2. The summed E-state index contributed by atoms with van der Waals surface area (Å²) in [7, 11) is 0. The van der Waals surface area contributed by atoms with E-state index in [4.69, 9.17) is 4.42 Å². The molecule has 3 rings (SSSR count). The molecule has 1 aliphatic rings. The van der Waals surface area contributed by atoms with Crippen LogP contribution in [0.4, 0.5) is 9.18 Å². The third-order valence-corrected chi connectivity index (χ3v) is 4.25. The van der Waals surface area contributed by atoms with E-state index in [0.717, 1.165) is 17.3 Å². The minimum atomic E-state index is -0.317. The first-order chi connectivity index (χ1) is 11.0. The molecule has 1 fully saturated rings. The second-order valence-electron chi connectivity index (χ2n) is 5.35. The van der Waals surface area contributed by atoms with Gasteiger partial charge in [-0.05, 0) is 62.0 Å². The Balaban J connectivity index is 1.85. The summed E-state index contributed by atoms with van der Waals surface area (Å²) in [5.74, 6) is 0.413. The van der Waals surface area contributed by atoms with Crippen molar-refractivity contribution < 1.29 is 18.4 Å². The summed E-state index contributed by atoms with van der Waals surface area (Å²) < 4.78 is 18.6. The van der Waals surface area contributed by atoms with Gasteiger partial charge in [-0.2, -0.15) is 0 Å². The first kappa shape index (κ1) is 15.6. The first-order valence-corrected chi connectivity index (χ1v) is 7.90. The molecule has 0 atom stereocenters.